The Bertz CT molecular complexity index is 1000. The van der Waals surface area contributed by atoms with Crippen LogP contribution < -0.4 is 5.32 Å². The molecule has 2 heterocycles. The first-order valence-electron chi connectivity index (χ1n) is 10.8. The van der Waals surface area contributed by atoms with Gasteiger partial charge in [-0.1, -0.05) is 38.1 Å². The Labute approximate surface area is 178 Å². The van der Waals surface area contributed by atoms with Crippen LogP contribution >= 0.6 is 0 Å². The number of rotatable bonds is 7. The van der Waals surface area contributed by atoms with Crippen LogP contribution in [0.15, 0.2) is 60.9 Å². The number of likely N-dealkylation sites (tertiary alicyclic amines) is 1. The van der Waals surface area contributed by atoms with Gasteiger partial charge in [-0.2, -0.15) is 0 Å². The van der Waals surface area contributed by atoms with Crippen molar-refractivity contribution >= 4 is 11.6 Å². The lowest BCUT2D eigenvalue weighted by molar-refractivity contribution is 0.102. The number of carbonyl (C=O) groups is 1. The molecule has 0 aliphatic carbocycles. The van der Waals surface area contributed by atoms with Gasteiger partial charge in [0.2, 0.25) is 0 Å². The standard InChI is InChI=1S/C25H30N4O/c1-19(2)24-26-11-14-29(24)18-21-8-6-10-23(16-21)27-25(30)22-9-5-7-20(15-22)17-28-12-3-4-13-28/h5-11,14-16,19H,3-4,12-13,17-18H2,1-2H3,(H,27,30). The molecular formula is C25H30N4O. The van der Waals surface area contributed by atoms with E-state index in [-0.39, 0.29) is 5.91 Å². The lowest BCUT2D eigenvalue weighted by Crippen LogP contribution is -2.19. The van der Waals surface area contributed by atoms with Crippen molar-refractivity contribution in [2.24, 2.45) is 0 Å². The van der Waals surface area contributed by atoms with Crippen molar-refractivity contribution in [2.75, 3.05) is 18.4 Å². The van der Waals surface area contributed by atoms with Gasteiger partial charge in [0.1, 0.15) is 5.82 Å². The summed E-state index contributed by atoms with van der Waals surface area (Å²) in [6.07, 6.45) is 6.39. The number of nitrogens with one attached hydrogen (secondary N) is 1. The average Bonchev–Trinajstić information content (AvgIpc) is 3.40. The molecule has 1 aliphatic rings. The molecule has 3 aromatic rings. The molecule has 1 N–H and O–H groups in total. The van der Waals surface area contributed by atoms with Crippen molar-refractivity contribution < 1.29 is 4.79 Å². The largest absolute Gasteiger partial charge is 0.330 e. The van der Waals surface area contributed by atoms with Gasteiger partial charge in [-0.25, -0.2) is 4.98 Å². The lowest BCUT2D eigenvalue weighted by Gasteiger charge is -2.15. The molecule has 1 fully saturated rings. The van der Waals surface area contributed by atoms with E-state index in [0.717, 1.165) is 43.3 Å². The fourth-order valence-corrected chi connectivity index (χ4v) is 4.11. The van der Waals surface area contributed by atoms with Crippen molar-refractivity contribution in [2.45, 2.75) is 45.7 Å². The van der Waals surface area contributed by atoms with Crippen molar-refractivity contribution in [1.29, 1.82) is 0 Å². The summed E-state index contributed by atoms with van der Waals surface area (Å²) in [6.45, 7) is 8.25. The van der Waals surface area contributed by atoms with Gasteiger partial charge >= 0.3 is 0 Å². The maximum Gasteiger partial charge on any atom is 0.255 e. The Morgan fingerprint density at radius 1 is 1.03 bits per heavy atom. The van der Waals surface area contributed by atoms with Gasteiger partial charge in [0.05, 0.1) is 0 Å². The Kier molecular flexibility index (Phi) is 6.29. The van der Waals surface area contributed by atoms with Crippen molar-refractivity contribution in [3.05, 3.63) is 83.4 Å². The highest BCUT2D eigenvalue weighted by molar-refractivity contribution is 6.04. The molecule has 5 nitrogen and oxygen atoms in total. The van der Waals surface area contributed by atoms with Crippen LogP contribution in [0.4, 0.5) is 5.69 Å². The molecule has 1 saturated heterocycles. The number of carbonyl (C=O) groups excluding carboxylic acids is 1. The molecule has 1 aliphatic heterocycles. The zero-order valence-electron chi connectivity index (χ0n) is 17.8. The first-order valence-corrected chi connectivity index (χ1v) is 10.8. The van der Waals surface area contributed by atoms with E-state index in [9.17, 15) is 4.79 Å². The minimum atomic E-state index is -0.0686. The van der Waals surface area contributed by atoms with E-state index in [0.29, 0.717) is 11.5 Å². The van der Waals surface area contributed by atoms with Crippen LogP contribution in [0.1, 0.15) is 59.9 Å². The second-order valence-corrected chi connectivity index (χ2v) is 8.41. The summed E-state index contributed by atoms with van der Waals surface area (Å²) in [7, 11) is 0. The van der Waals surface area contributed by atoms with Gasteiger partial charge in [0.25, 0.3) is 5.91 Å². The number of nitrogens with zero attached hydrogens (tertiary/aromatic N) is 3. The molecule has 5 heteroatoms. The second kappa shape index (κ2) is 9.26. The van der Waals surface area contributed by atoms with Crippen molar-refractivity contribution in [3.63, 3.8) is 0 Å². The highest BCUT2D eigenvalue weighted by Gasteiger charge is 2.13. The fraction of sp³-hybridized carbons (Fsp3) is 0.360. The molecule has 1 aromatic heterocycles. The van der Waals surface area contributed by atoms with Gasteiger partial charge < -0.3 is 9.88 Å². The van der Waals surface area contributed by atoms with E-state index < -0.39 is 0 Å². The minimum absolute atomic E-state index is 0.0686. The molecule has 0 radical (unpaired) electrons. The Morgan fingerprint density at radius 2 is 1.77 bits per heavy atom. The molecule has 0 bridgehead atoms. The smallest absolute Gasteiger partial charge is 0.255 e. The zero-order valence-corrected chi connectivity index (χ0v) is 17.8. The van der Waals surface area contributed by atoms with E-state index in [1.165, 1.54) is 18.4 Å². The number of hydrogen-bond donors (Lipinski definition) is 1. The zero-order chi connectivity index (χ0) is 20.9. The van der Waals surface area contributed by atoms with Crippen molar-refractivity contribution in [3.8, 4) is 0 Å². The number of benzene rings is 2. The van der Waals surface area contributed by atoms with Crippen LogP contribution in [0.3, 0.4) is 0 Å². The molecule has 2 aromatic carbocycles. The fourth-order valence-electron chi connectivity index (χ4n) is 4.11. The van der Waals surface area contributed by atoms with Crippen LogP contribution in [-0.2, 0) is 13.1 Å². The molecule has 4 rings (SSSR count). The molecule has 1 amide bonds. The van der Waals surface area contributed by atoms with Gasteiger partial charge in [0.15, 0.2) is 0 Å². The molecule has 30 heavy (non-hydrogen) atoms. The van der Waals surface area contributed by atoms with Crippen LogP contribution in [0.2, 0.25) is 0 Å². The summed E-state index contributed by atoms with van der Waals surface area (Å²) in [6, 6.07) is 16.0. The second-order valence-electron chi connectivity index (χ2n) is 8.41. The maximum absolute atomic E-state index is 12.8. The highest BCUT2D eigenvalue weighted by Crippen LogP contribution is 2.18. The van der Waals surface area contributed by atoms with Crippen LogP contribution in [0, 0.1) is 0 Å². The first-order chi connectivity index (χ1) is 14.6. The molecule has 0 atom stereocenters. The Morgan fingerprint density at radius 3 is 2.53 bits per heavy atom. The van der Waals surface area contributed by atoms with Gasteiger partial charge in [-0.05, 0) is 61.3 Å². The predicted molar refractivity (Wildman–Crippen MR) is 121 cm³/mol. The van der Waals surface area contributed by atoms with Crippen molar-refractivity contribution in [1.82, 2.24) is 14.5 Å². The van der Waals surface area contributed by atoms with E-state index in [1.807, 2.05) is 48.8 Å². The predicted octanol–water partition coefficient (Wildman–Crippen LogP) is 4.90. The van der Waals surface area contributed by atoms with Crippen LogP contribution in [0.5, 0.6) is 0 Å². The third-order valence-electron chi connectivity index (χ3n) is 5.60. The summed E-state index contributed by atoms with van der Waals surface area (Å²) in [5.41, 5.74) is 3.84. The van der Waals surface area contributed by atoms with E-state index in [2.05, 4.69) is 45.7 Å². The third kappa shape index (κ3) is 4.97. The summed E-state index contributed by atoms with van der Waals surface area (Å²) in [5.74, 6) is 1.37. The SMILES string of the molecule is CC(C)c1nccn1Cc1cccc(NC(=O)c2cccc(CN3CCCC3)c2)c1. The van der Waals surface area contributed by atoms with E-state index in [1.54, 1.807) is 0 Å². The molecular weight excluding hydrogens is 372 g/mol. The number of amides is 1. The van der Waals surface area contributed by atoms with Gasteiger partial charge in [-0.15, -0.1) is 0 Å². The van der Waals surface area contributed by atoms with Gasteiger partial charge in [0, 0.05) is 42.7 Å². The number of hydrogen-bond acceptors (Lipinski definition) is 3. The minimum Gasteiger partial charge on any atom is -0.330 e. The average molecular weight is 403 g/mol. The quantitative estimate of drug-likeness (QED) is 0.611. The van der Waals surface area contributed by atoms with Gasteiger partial charge in [-0.3, -0.25) is 9.69 Å². The maximum atomic E-state index is 12.8. The molecule has 0 unspecified atom stereocenters. The lowest BCUT2D eigenvalue weighted by atomic mass is 10.1. The Balaban J connectivity index is 1.43. The van der Waals surface area contributed by atoms with E-state index in [4.69, 9.17) is 0 Å². The number of anilines is 1. The summed E-state index contributed by atoms with van der Waals surface area (Å²) < 4.78 is 2.16. The molecule has 0 saturated carbocycles. The van der Waals surface area contributed by atoms with Crippen LogP contribution in [0.25, 0.3) is 0 Å². The topological polar surface area (TPSA) is 50.2 Å². The Hall–Kier alpha value is -2.92. The summed E-state index contributed by atoms with van der Waals surface area (Å²) >= 11 is 0. The number of aromatic nitrogens is 2. The normalized spacial score (nSPS) is 14.4. The number of imidazole rings is 1. The molecule has 0 spiro atoms. The third-order valence-corrected chi connectivity index (χ3v) is 5.60. The monoisotopic (exact) mass is 402 g/mol. The van der Waals surface area contributed by atoms with E-state index >= 15 is 0 Å². The summed E-state index contributed by atoms with van der Waals surface area (Å²) in [4.78, 5) is 19.7. The first kappa shape index (κ1) is 20.4. The molecule has 156 valence electrons. The summed E-state index contributed by atoms with van der Waals surface area (Å²) in [5, 5.41) is 3.06. The van der Waals surface area contributed by atoms with Crippen LogP contribution in [-0.4, -0.2) is 33.4 Å². The highest BCUT2D eigenvalue weighted by atomic mass is 16.1.